The normalized spacial score (nSPS) is 13.8. The number of likely N-dealkylation sites (N-methyl/N-ethyl adjacent to an activating group) is 1. The number of rotatable bonds is 67. The van der Waals surface area contributed by atoms with Crippen LogP contribution in [-0.4, -0.2) is 73.4 Å². The van der Waals surface area contributed by atoms with Gasteiger partial charge in [0.2, 0.25) is 5.91 Å². The third-order valence-corrected chi connectivity index (χ3v) is 17.6. The van der Waals surface area contributed by atoms with Crippen LogP contribution in [0.5, 0.6) is 0 Å². The number of hydrogen-bond acceptors (Lipinski definition) is 5. The highest BCUT2D eigenvalue weighted by molar-refractivity contribution is 7.47. The van der Waals surface area contributed by atoms with Gasteiger partial charge in [0.15, 0.2) is 0 Å². The van der Waals surface area contributed by atoms with Gasteiger partial charge in [-0.15, -0.1) is 0 Å². The van der Waals surface area contributed by atoms with Crippen molar-refractivity contribution < 1.29 is 32.9 Å². The average molecular weight is 1160 g/mol. The average Bonchev–Trinajstić information content (AvgIpc) is 3.43. The fourth-order valence-corrected chi connectivity index (χ4v) is 11.7. The number of aliphatic hydroxyl groups is 1. The molecule has 0 saturated carbocycles. The summed E-state index contributed by atoms with van der Waals surface area (Å²) in [6.45, 7) is 4.85. The highest BCUT2D eigenvalue weighted by Crippen LogP contribution is 2.43. The van der Waals surface area contributed by atoms with Crippen molar-refractivity contribution in [2.45, 2.75) is 379 Å². The molecule has 0 aliphatic heterocycles. The Kier molecular flexibility index (Phi) is 62.2. The summed E-state index contributed by atoms with van der Waals surface area (Å²) < 4.78 is 23.8. The van der Waals surface area contributed by atoms with Crippen molar-refractivity contribution in [1.29, 1.82) is 0 Å². The zero-order valence-electron chi connectivity index (χ0n) is 55.1. The molecule has 480 valence electrons. The van der Waals surface area contributed by atoms with Crippen LogP contribution in [0.3, 0.4) is 0 Å². The Morgan fingerprint density at radius 3 is 0.988 bits per heavy atom. The van der Waals surface area contributed by atoms with Gasteiger partial charge in [-0.2, -0.15) is 0 Å². The summed E-state index contributed by atoms with van der Waals surface area (Å²) in [5.74, 6) is -0.180. The predicted octanol–water partition coefficient (Wildman–Crippen LogP) is 22.8. The van der Waals surface area contributed by atoms with E-state index in [2.05, 4.69) is 43.5 Å². The van der Waals surface area contributed by atoms with Crippen molar-refractivity contribution in [2.75, 3.05) is 40.9 Å². The van der Waals surface area contributed by atoms with Gasteiger partial charge in [0.05, 0.1) is 39.9 Å². The molecule has 9 heteroatoms. The van der Waals surface area contributed by atoms with E-state index in [9.17, 15) is 19.4 Å². The van der Waals surface area contributed by atoms with E-state index in [1.54, 1.807) is 6.08 Å². The maximum Gasteiger partial charge on any atom is 0.472 e. The molecule has 8 nitrogen and oxygen atoms in total. The van der Waals surface area contributed by atoms with Crippen LogP contribution in [0.1, 0.15) is 367 Å². The number of nitrogens with zero attached hydrogens (tertiary/aromatic N) is 1. The first-order chi connectivity index (χ1) is 39.5. The first-order valence-corrected chi connectivity index (χ1v) is 37.4. The smallest absolute Gasteiger partial charge is 0.387 e. The summed E-state index contributed by atoms with van der Waals surface area (Å²) in [6, 6.07) is -0.864. The molecule has 0 saturated heterocycles. The van der Waals surface area contributed by atoms with Crippen molar-refractivity contribution in [3.05, 3.63) is 36.5 Å². The molecule has 81 heavy (non-hydrogen) atoms. The Bertz CT molecular complexity index is 1410. The molecule has 0 fully saturated rings. The van der Waals surface area contributed by atoms with Crippen molar-refractivity contribution in [1.82, 2.24) is 5.32 Å². The van der Waals surface area contributed by atoms with E-state index in [0.29, 0.717) is 17.4 Å². The fraction of sp³-hybridized carbons (Fsp3) is 0.903. The van der Waals surface area contributed by atoms with E-state index in [1.165, 1.54) is 308 Å². The van der Waals surface area contributed by atoms with Gasteiger partial charge >= 0.3 is 7.82 Å². The number of aliphatic hydroxyl groups excluding tert-OH is 1. The molecule has 0 radical (unpaired) electrons. The van der Waals surface area contributed by atoms with Gasteiger partial charge in [-0.25, -0.2) is 4.57 Å². The van der Waals surface area contributed by atoms with Crippen LogP contribution in [0.4, 0.5) is 0 Å². The lowest BCUT2D eigenvalue weighted by Gasteiger charge is -2.25. The summed E-state index contributed by atoms with van der Waals surface area (Å²) in [6.07, 6.45) is 84.5. The topological polar surface area (TPSA) is 105 Å². The minimum atomic E-state index is -4.36. The quantitative estimate of drug-likeness (QED) is 0.0243. The van der Waals surface area contributed by atoms with Crippen molar-refractivity contribution in [3.63, 3.8) is 0 Å². The lowest BCUT2D eigenvalue weighted by atomic mass is 10.0. The van der Waals surface area contributed by atoms with Crippen LogP contribution in [0.25, 0.3) is 0 Å². The van der Waals surface area contributed by atoms with E-state index >= 15 is 0 Å². The third-order valence-electron chi connectivity index (χ3n) is 16.6. The molecule has 0 aromatic heterocycles. The summed E-state index contributed by atoms with van der Waals surface area (Å²) in [4.78, 5) is 23.4. The van der Waals surface area contributed by atoms with Crippen LogP contribution in [0, 0.1) is 0 Å². The minimum Gasteiger partial charge on any atom is -0.387 e. The molecule has 0 aliphatic carbocycles. The fourth-order valence-electron chi connectivity index (χ4n) is 11.0. The van der Waals surface area contributed by atoms with Crippen molar-refractivity contribution >= 4 is 13.7 Å². The number of carbonyl (C=O) groups excluding carboxylic acids is 1. The second-order valence-electron chi connectivity index (χ2n) is 26.0. The molecule has 0 heterocycles. The van der Waals surface area contributed by atoms with Gasteiger partial charge in [0.25, 0.3) is 0 Å². The molecule has 0 aromatic carbocycles. The van der Waals surface area contributed by atoms with E-state index in [4.69, 9.17) is 9.05 Å². The van der Waals surface area contributed by atoms with Gasteiger partial charge in [-0.1, -0.05) is 339 Å². The highest BCUT2D eigenvalue weighted by atomic mass is 31.2. The molecule has 0 spiro atoms. The molecule has 0 bridgehead atoms. The first-order valence-electron chi connectivity index (χ1n) is 35.9. The van der Waals surface area contributed by atoms with Crippen LogP contribution in [0.2, 0.25) is 0 Å². The van der Waals surface area contributed by atoms with Crippen LogP contribution >= 0.6 is 7.82 Å². The van der Waals surface area contributed by atoms with E-state index < -0.39 is 20.0 Å². The van der Waals surface area contributed by atoms with Gasteiger partial charge in [0.1, 0.15) is 13.2 Å². The maximum atomic E-state index is 13.0. The molecule has 3 N–H and O–H groups in total. The Morgan fingerprint density at radius 2 is 0.679 bits per heavy atom. The second-order valence-corrected chi connectivity index (χ2v) is 27.4. The Labute approximate surface area is 506 Å². The van der Waals surface area contributed by atoms with Crippen molar-refractivity contribution in [3.8, 4) is 0 Å². The molecule has 0 aliphatic rings. The Hall–Kier alpha value is -1.28. The number of amides is 1. The number of quaternary nitrogens is 1. The molecule has 0 aromatic rings. The maximum absolute atomic E-state index is 13.0. The SMILES string of the molecule is CCCCCCCCCC/C=C\CCCCCCCCCCCCCCCCCC(=O)NC(COP(=O)(O)OCC[N+](C)(C)C)C(O)/C=C/CC/C=C/CCCCCCCCCCCCCCCCCCCCCCCCCCCC. The van der Waals surface area contributed by atoms with Crippen LogP contribution in [0.15, 0.2) is 36.5 Å². The number of phosphoric ester groups is 1. The molecular formula is C72H142N2O6P+. The zero-order chi connectivity index (χ0) is 59.1. The molecule has 1 amide bonds. The molecule has 3 unspecified atom stereocenters. The molecule has 0 rings (SSSR count). The largest absolute Gasteiger partial charge is 0.472 e. The number of nitrogens with one attached hydrogen (secondary N) is 1. The van der Waals surface area contributed by atoms with E-state index in [-0.39, 0.29) is 19.1 Å². The first kappa shape index (κ1) is 79.7. The summed E-state index contributed by atoms with van der Waals surface area (Å²) >= 11 is 0. The summed E-state index contributed by atoms with van der Waals surface area (Å²) in [5.41, 5.74) is 0. The van der Waals surface area contributed by atoms with Crippen molar-refractivity contribution in [2.24, 2.45) is 0 Å². The molecular weight excluding hydrogens is 1020 g/mol. The zero-order valence-corrected chi connectivity index (χ0v) is 55.9. The summed E-state index contributed by atoms with van der Waals surface area (Å²) in [5, 5.41) is 14.0. The number of unbranched alkanes of at least 4 members (excludes halogenated alkanes) is 50. The number of allylic oxidation sites excluding steroid dienone is 5. The van der Waals surface area contributed by atoms with Crippen LogP contribution in [-0.2, 0) is 18.4 Å². The minimum absolute atomic E-state index is 0.0577. The highest BCUT2D eigenvalue weighted by Gasteiger charge is 2.28. The monoisotopic (exact) mass is 1160 g/mol. The Balaban J connectivity index is 4.07. The number of carbonyl (C=O) groups is 1. The third kappa shape index (κ3) is 66.1. The standard InChI is InChI=1S/C72H141N2O6P/c1-6-8-10-12-14-16-18-20-22-24-26-28-30-32-34-35-36-37-38-40-41-43-45-47-49-51-53-55-57-59-61-63-65-71(75)70(69-80-81(77,78)79-68-67-74(3,4)5)73-72(76)66-64-62-60-58-56-54-52-50-48-46-44-42-39-33-31-29-27-25-23-21-19-17-15-13-11-9-7-2/h25,27,55,57,63,65,70-71,75H,6-24,26,28-54,56,58-62,64,66-69H2,1-5H3,(H-,73,76,77,78)/p+1/b27-25-,57-55+,65-63+. The van der Waals surface area contributed by atoms with Gasteiger partial charge in [-0.3, -0.25) is 13.8 Å². The van der Waals surface area contributed by atoms with Gasteiger partial charge in [-0.05, 0) is 57.8 Å². The predicted molar refractivity (Wildman–Crippen MR) is 355 cm³/mol. The Morgan fingerprint density at radius 1 is 0.407 bits per heavy atom. The number of phosphoric acid groups is 1. The molecule has 3 atom stereocenters. The summed E-state index contributed by atoms with van der Waals surface area (Å²) in [7, 11) is 1.57. The van der Waals surface area contributed by atoms with E-state index in [0.717, 1.165) is 38.5 Å². The second kappa shape index (κ2) is 63.2. The van der Waals surface area contributed by atoms with Gasteiger partial charge < -0.3 is 19.8 Å². The lowest BCUT2D eigenvalue weighted by Crippen LogP contribution is -2.45. The van der Waals surface area contributed by atoms with E-state index in [1.807, 2.05) is 27.2 Å². The number of hydrogen-bond donors (Lipinski definition) is 3. The lowest BCUT2D eigenvalue weighted by molar-refractivity contribution is -0.870. The van der Waals surface area contributed by atoms with Crippen LogP contribution < -0.4 is 5.32 Å². The van der Waals surface area contributed by atoms with Gasteiger partial charge in [0, 0.05) is 6.42 Å².